The fourth-order valence-electron chi connectivity index (χ4n) is 5.29. The highest BCUT2D eigenvalue weighted by Crippen LogP contribution is 2.41. The van der Waals surface area contributed by atoms with E-state index in [1.165, 1.54) is 0 Å². The molecule has 0 radical (unpaired) electrons. The first kappa shape index (κ1) is 25.2. The molecule has 0 N–H and O–H groups in total. The minimum absolute atomic E-state index is 0.145. The van der Waals surface area contributed by atoms with E-state index in [0.29, 0.717) is 68.4 Å². The highest BCUT2D eigenvalue weighted by atomic mass is 32.2. The Balaban J connectivity index is 1.43. The Morgan fingerprint density at radius 3 is 2.42 bits per heavy atom. The number of hydrogen-bond donors (Lipinski definition) is 0. The van der Waals surface area contributed by atoms with E-state index in [9.17, 15) is 21.6 Å². The lowest BCUT2D eigenvalue weighted by Crippen LogP contribution is -2.41. The zero-order valence-corrected chi connectivity index (χ0v) is 22.4. The predicted octanol–water partition coefficient (Wildman–Crippen LogP) is 1.53. The van der Waals surface area contributed by atoms with Gasteiger partial charge in [-0.15, -0.1) is 0 Å². The average Bonchev–Trinajstić information content (AvgIpc) is 3.29. The SMILES string of the molecule is O=C(c1nn(-c2cccc(CN3CCS(=O)(=O)CC3)c2)c2c1CS(=O)(=O)c1ccccc1-2)N1CCOCC1. The maximum Gasteiger partial charge on any atom is 0.274 e. The molecule has 0 saturated carbocycles. The molecule has 4 heterocycles. The second-order valence-corrected chi connectivity index (χ2v) is 14.1. The maximum atomic E-state index is 13.6. The fourth-order valence-corrected chi connectivity index (χ4v) is 8.16. The number of rotatable bonds is 4. The van der Waals surface area contributed by atoms with Crippen LogP contribution in [-0.4, -0.2) is 93.2 Å². The van der Waals surface area contributed by atoms with E-state index in [0.717, 1.165) is 5.56 Å². The van der Waals surface area contributed by atoms with Gasteiger partial charge in [-0.2, -0.15) is 5.10 Å². The Morgan fingerprint density at radius 2 is 1.66 bits per heavy atom. The normalized spacial score (nSPS) is 20.5. The summed E-state index contributed by atoms with van der Waals surface area (Å²) < 4.78 is 57.2. The lowest BCUT2D eigenvalue weighted by atomic mass is 10.0. The standard InChI is InChI=1S/C26H28N4O6S2/c31-26(29-8-12-36-13-9-29)24-22-18-38(34,35)23-7-2-1-6-21(23)25(22)30(27-24)20-5-3-4-19(16-20)17-28-10-14-37(32,33)15-11-28/h1-7,16H,8-15,17-18H2. The van der Waals surface area contributed by atoms with Gasteiger partial charge in [0.2, 0.25) is 0 Å². The average molecular weight is 557 g/mol. The minimum atomic E-state index is -3.65. The summed E-state index contributed by atoms with van der Waals surface area (Å²) in [5, 5.41) is 4.74. The van der Waals surface area contributed by atoms with Crippen LogP contribution in [0.5, 0.6) is 0 Å². The molecule has 0 spiro atoms. The van der Waals surface area contributed by atoms with E-state index >= 15 is 0 Å². The highest BCUT2D eigenvalue weighted by molar-refractivity contribution is 7.91. The molecule has 3 aliphatic rings. The van der Waals surface area contributed by atoms with Crippen molar-refractivity contribution in [3.05, 3.63) is 65.4 Å². The second-order valence-electron chi connectivity index (χ2n) is 9.85. The third kappa shape index (κ3) is 4.66. The van der Waals surface area contributed by atoms with Crippen molar-refractivity contribution in [3.63, 3.8) is 0 Å². The number of fused-ring (bicyclic) bond motifs is 3. The molecule has 3 aliphatic heterocycles. The van der Waals surface area contributed by atoms with Crippen molar-refractivity contribution in [2.45, 2.75) is 17.2 Å². The third-order valence-corrected chi connectivity index (χ3v) is 10.6. The van der Waals surface area contributed by atoms with Gasteiger partial charge < -0.3 is 9.64 Å². The molecule has 0 unspecified atom stereocenters. The zero-order chi connectivity index (χ0) is 26.5. The van der Waals surface area contributed by atoms with Crippen molar-refractivity contribution >= 4 is 25.6 Å². The summed E-state index contributed by atoms with van der Waals surface area (Å²) in [7, 11) is -6.62. The van der Waals surface area contributed by atoms with Crippen LogP contribution in [0.2, 0.25) is 0 Å². The van der Waals surface area contributed by atoms with Gasteiger partial charge in [-0.05, 0) is 23.8 Å². The van der Waals surface area contributed by atoms with Crippen molar-refractivity contribution in [2.24, 2.45) is 0 Å². The first-order valence-corrected chi connectivity index (χ1v) is 16.0. The monoisotopic (exact) mass is 556 g/mol. The summed E-state index contributed by atoms with van der Waals surface area (Å²) in [5.74, 6) is -0.300. The zero-order valence-electron chi connectivity index (χ0n) is 20.7. The van der Waals surface area contributed by atoms with Crippen LogP contribution in [0.4, 0.5) is 0 Å². The largest absolute Gasteiger partial charge is 0.378 e. The van der Waals surface area contributed by atoms with Gasteiger partial charge in [-0.3, -0.25) is 9.69 Å². The van der Waals surface area contributed by atoms with Crippen LogP contribution < -0.4 is 0 Å². The van der Waals surface area contributed by atoms with E-state index in [4.69, 9.17) is 9.84 Å². The molecule has 2 saturated heterocycles. The van der Waals surface area contributed by atoms with Gasteiger partial charge in [0, 0.05) is 43.9 Å². The topological polar surface area (TPSA) is 119 Å². The van der Waals surface area contributed by atoms with Gasteiger partial charge in [0.1, 0.15) is 0 Å². The molecule has 1 aromatic heterocycles. The number of carbonyl (C=O) groups is 1. The van der Waals surface area contributed by atoms with E-state index in [1.54, 1.807) is 33.8 Å². The first-order chi connectivity index (χ1) is 18.2. The van der Waals surface area contributed by atoms with E-state index in [-0.39, 0.29) is 33.8 Å². The van der Waals surface area contributed by atoms with Crippen molar-refractivity contribution in [1.82, 2.24) is 19.6 Å². The number of hydrogen-bond acceptors (Lipinski definition) is 8. The Bertz CT molecular complexity index is 1610. The van der Waals surface area contributed by atoms with Crippen molar-refractivity contribution in [3.8, 4) is 16.9 Å². The van der Waals surface area contributed by atoms with Gasteiger partial charge in [-0.1, -0.05) is 30.3 Å². The van der Waals surface area contributed by atoms with Gasteiger partial charge in [0.25, 0.3) is 5.91 Å². The predicted molar refractivity (Wildman–Crippen MR) is 141 cm³/mol. The molecule has 6 rings (SSSR count). The maximum absolute atomic E-state index is 13.6. The number of sulfone groups is 2. The Hall–Kier alpha value is -3.06. The van der Waals surface area contributed by atoms with Crippen LogP contribution in [0, 0.1) is 0 Å². The first-order valence-electron chi connectivity index (χ1n) is 12.5. The molecule has 1 amide bonds. The van der Waals surface area contributed by atoms with Gasteiger partial charge in [0.05, 0.1) is 46.7 Å². The Labute approximate surface area is 221 Å². The molecule has 0 bridgehead atoms. The van der Waals surface area contributed by atoms with E-state index < -0.39 is 19.7 Å². The number of benzene rings is 2. The number of morpholine rings is 1. The van der Waals surface area contributed by atoms with Crippen molar-refractivity contribution in [1.29, 1.82) is 0 Å². The van der Waals surface area contributed by atoms with Crippen LogP contribution in [0.15, 0.2) is 53.4 Å². The lowest BCUT2D eigenvalue weighted by molar-refractivity contribution is 0.0298. The second kappa shape index (κ2) is 9.60. The summed E-state index contributed by atoms with van der Waals surface area (Å²) >= 11 is 0. The smallest absolute Gasteiger partial charge is 0.274 e. The van der Waals surface area contributed by atoms with Crippen LogP contribution in [0.1, 0.15) is 21.6 Å². The Morgan fingerprint density at radius 1 is 0.921 bits per heavy atom. The summed E-state index contributed by atoms with van der Waals surface area (Å²) in [6.07, 6.45) is 0. The number of carbonyl (C=O) groups excluding carboxylic acids is 1. The van der Waals surface area contributed by atoms with Gasteiger partial charge in [0.15, 0.2) is 25.4 Å². The fraction of sp³-hybridized carbons (Fsp3) is 0.385. The van der Waals surface area contributed by atoms with Gasteiger partial charge >= 0.3 is 0 Å². The molecular formula is C26H28N4O6S2. The molecule has 3 aromatic rings. The Kier molecular flexibility index (Phi) is 6.37. The summed E-state index contributed by atoms with van der Waals surface area (Å²) in [4.78, 5) is 17.6. The number of aromatic nitrogens is 2. The van der Waals surface area contributed by atoms with E-state index in [2.05, 4.69) is 4.90 Å². The van der Waals surface area contributed by atoms with Crippen LogP contribution in [0.25, 0.3) is 16.9 Å². The van der Waals surface area contributed by atoms with Crippen molar-refractivity contribution < 1.29 is 26.4 Å². The molecule has 0 aliphatic carbocycles. The third-order valence-electron chi connectivity index (χ3n) is 7.29. The lowest BCUT2D eigenvalue weighted by Gasteiger charge is -2.26. The quantitative estimate of drug-likeness (QED) is 0.475. The molecule has 200 valence electrons. The summed E-state index contributed by atoms with van der Waals surface area (Å²) in [5.41, 5.74) is 3.36. The highest BCUT2D eigenvalue weighted by Gasteiger charge is 2.37. The molecule has 10 nitrogen and oxygen atoms in total. The molecule has 12 heteroatoms. The van der Waals surface area contributed by atoms with Crippen LogP contribution in [0.3, 0.4) is 0 Å². The van der Waals surface area contributed by atoms with E-state index in [1.807, 2.05) is 24.3 Å². The van der Waals surface area contributed by atoms with Crippen LogP contribution in [-0.2, 0) is 36.7 Å². The minimum Gasteiger partial charge on any atom is -0.378 e. The summed E-state index contributed by atoms with van der Waals surface area (Å²) in [6, 6.07) is 14.5. The molecular weight excluding hydrogens is 528 g/mol. The molecule has 0 atom stereocenters. The molecule has 38 heavy (non-hydrogen) atoms. The number of amides is 1. The summed E-state index contributed by atoms with van der Waals surface area (Å²) in [6.45, 7) is 3.23. The number of ether oxygens (including phenoxy) is 1. The van der Waals surface area contributed by atoms with Crippen molar-refractivity contribution in [2.75, 3.05) is 50.9 Å². The molecule has 2 aromatic carbocycles. The number of nitrogens with zero attached hydrogens (tertiary/aromatic N) is 4. The van der Waals surface area contributed by atoms with Gasteiger partial charge in [-0.25, -0.2) is 21.5 Å². The molecule has 2 fully saturated rings. The van der Waals surface area contributed by atoms with Crippen LogP contribution >= 0.6 is 0 Å².